The molecule has 0 aliphatic rings. The number of nitrogens with one attached hydrogen (secondary N) is 1. The molecule has 1 heterocycles. The van der Waals surface area contributed by atoms with Crippen LogP contribution < -0.4 is 0 Å². The number of halogens is 1. The first kappa shape index (κ1) is 11.5. The van der Waals surface area contributed by atoms with E-state index in [9.17, 15) is 4.39 Å². The number of aromatic nitrogens is 2. The predicted octanol–water partition coefficient (Wildman–Crippen LogP) is 2.30. The molecule has 2 N–H and O–H groups in total. The van der Waals surface area contributed by atoms with Gasteiger partial charge < -0.3 is 10.1 Å². The molecule has 0 radical (unpaired) electrons. The maximum Gasteiger partial charge on any atom is 0.126 e. The summed E-state index contributed by atoms with van der Waals surface area (Å²) in [5, 5.41) is 8.57. The van der Waals surface area contributed by atoms with E-state index in [0.29, 0.717) is 0 Å². The van der Waals surface area contributed by atoms with Gasteiger partial charge in [-0.15, -0.1) is 0 Å². The number of benzene rings is 1. The zero-order valence-corrected chi connectivity index (χ0v) is 9.23. The highest BCUT2D eigenvalue weighted by Crippen LogP contribution is 2.11. The molecule has 0 spiro atoms. The van der Waals surface area contributed by atoms with Crippen LogP contribution in [-0.4, -0.2) is 21.7 Å². The van der Waals surface area contributed by atoms with Crippen molar-refractivity contribution in [3.63, 3.8) is 0 Å². The van der Waals surface area contributed by atoms with Crippen molar-refractivity contribution in [3.05, 3.63) is 59.4 Å². The fraction of sp³-hybridized carbons (Fsp3) is 0.154. The van der Waals surface area contributed by atoms with Crippen LogP contribution in [0.1, 0.15) is 17.0 Å². The maximum atomic E-state index is 12.8. The Hall–Kier alpha value is -1.94. The number of rotatable bonds is 4. The Balaban J connectivity index is 2.08. The quantitative estimate of drug-likeness (QED) is 0.849. The van der Waals surface area contributed by atoms with Gasteiger partial charge in [-0.25, -0.2) is 9.37 Å². The van der Waals surface area contributed by atoms with Crippen LogP contribution in [0.3, 0.4) is 0 Å². The van der Waals surface area contributed by atoms with Crippen molar-refractivity contribution in [1.82, 2.24) is 9.97 Å². The zero-order valence-electron chi connectivity index (χ0n) is 9.23. The summed E-state index contributed by atoms with van der Waals surface area (Å²) < 4.78 is 12.8. The molecule has 0 aliphatic heterocycles. The van der Waals surface area contributed by atoms with Gasteiger partial charge >= 0.3 is 0 Å². The zero-order chi connectivity index (χ0) is 12.1. The third kappa shape index (κ3) is 3.26. The van der Waals surface area contributed by atoms with Gasteiger partial charge in [0.25, 0.3) is 0 Å². The Morgan fingerprint density at radius 3 is 2.71 bits per heavy atom. The van der Waals surface area contributed by atoms with E-state index in [1.807, 2.05) is 24.3 Å². The fourth-order valence-corrected chi connectivity index (χ4v) is 1.55. The molecule has 2 rings (SSSR count). The van der Waals surface area contributed by atoms with Crippen molar-refractivity contribution in [1.29, 1.82) is 0 Å². The lowest BCUT2D eigenvalue weighted by molar-refractivity contribution is 0.300. The van der Waals surface area contributed by atoms with E-state index < -0.39 is 12.4 Å². The summed E-state index contributed by atoms with van der Waals surface area (Å²) in [5.41, 5.74) is 1.83. The van der Waals surface area contributed by atoms with Gasteiger partial charge in [0.2, 0.25) is 0 Å². The van der Waals surface area contributed by atoms with Crippen molar-refractivity contribution >= 4 is 6.08 Å². The standard InChI is InChI=1S/C13H13FN2O/c14-12(9-17)7-10-1-3-11(4-2-10)8-13-15-5-6-16-13/h1-7,17H,8-9H2,(H,15,16). The van der Waals surface area contributed by atoms with Crippen molar-refractivity contribution in [2.75, 3.05) is 6.61 Å². The van der Waals surface area contributed by atoms with E-state index >= 15 is 0 Å². The van der Waals surface area contributed by atoms with E-state index in [4.69, 9.17) is 5.11 Å². The minimum absolute atomic E-state index is 0.538. The smallest absolute Gasteiger partial charge is 0.126 e. The Morgan fingerprint density at radius 2 is 2.12 bits per heavy atom. The number of hydrogen-bond donors (Lipinski definition) is 2. The second-order valence-electron chi connectivity index (χ2n) is 3.70. The summed E-state index contributed by atoms with van der Waals surface area (Å²) in [4.78, 5) is 7.16. The lowest BCUT2D eigenvalue weighted by Gasteiger charge is -2.00. The molecule has 0 unspecified atom stereocenters. The van der Waals surface area contributed by atoms with Crippen molar-refractivity contribution in [3.8, 4) is 0 Å². The second kappa shape index (κ2) is 5.41. The monoisotopic (exact) mass is 232 g/mol. The van der Waals surface area contributed by atoms with Crippen LogP contribution in [0.5, 0.6) is 0 Å². The predicted molar refractivity (Wildman–Crippen MR) is 64.0 cm³/mol. The molecule has 0 bridgehead atoms. The minimum Gasteiger partial charge on any atom is -0.389 e. The molecule has 17 heavy (non-hydrogen) atoms. The van der Waals surface area contributed by atoms with Gasteiger partial charge in [0.05, 0.1) is 6.61 Å². The average Bonchev–Trinajstić information content (AvgIpc) is 2.84. The topological polar surface area (TPSA) is 48.9 Å². The van der Waals surface area contributed by atoms with E-state index in [2.05, 4.69) is 9.97 Å². The van der Waals surface area contributed by atoms with E-state index in [1.165, 1.54) is 6.08 Å². The van der Waals surface area contributed by atoms with Crippen molar-refractivity contribution < 1.29 is 9.50 Å². The molecule has 2 aromatic rings. The molecular formula is C13H13FN2O. The van der Waals surface area contributed by atoms with Crippen LogP contribution in [-0.2, 0) is 6.42 Å². The first-order valence-electron chi connectivity index (χ1n) is 5.32. The summed E-state index contributed by atoms with van der Waals surface area (Å²) in [6, 6.07) is 7.46. The summed E-state index contributed by atoms with van der Waals surface area (Å²) in [6.45, 7) is -0.561. The van der Waals surface area contributed by atoms with Gasteiger partial charge in [-0.1, -0.05) is 24.3 Å². The van der Waals surface area contributed by atoms with Gasteiger partial charge in [0, 0.05) is 18.8 Å². The number of aliphatic hydroxyl groups is 1. The Morgan fingerprint density at radius 1 is 1.35 bits per heavy atom. The SMILES string of the molecule is OCC(F)=Cc1ccc(Cc2ncc[nH]2)cc1. The molecule has 88 valence electrons. The molecule has 0 fully saturated rings. The van der Waals surface area contributed by atoms with Crippen molar-refractivity contribution in [2.45, 2.75) is 6.42 Å². The van der Waals surface area contributed by atoms with Gasteiger partial charge in [-0.3, -0.25) is 0 Å². The number of aliphatic hydroxyl groups excluding tert-OH is 1. The molecular weight excluding hydrogens is 219 g/mol. The highest BCUT2D eigenvalue weighted by atomic mass is 19.1. The molecule has 0 saturated heterocycles. The van der Waals surface area contributed by atoms with Crippen LogP contribution in [0.2, 0.25) is 0 Å². The summed E-state index contributed by atoms with van der Waals surface area (Å²) in [7, 11) is 0. The molecule has 0 amide bonds. The Labute approximate surface area is 98.6 Å². The summed E-state index contributed by atoms with van der Waals surface area (Å²) >= 11 is 0. The molecule has 0 atom stereocenters. The first-order valence-corrected chi connectivity index (χ1v) is 5.32. The number of H-pyrrole nitrogens is 1. The normalized spacial score (nSPS) is 11.8. The summed E-state index contributed by atoms with van der Waals surface area (Å²) in [5.74, 6) is 0.360. The molecule has 1 aromatic heterocycles. The van der Waals surface area contributed by atoms with Crippen LogP contribution in [0.25, 0.3) is 6.08 Å². The molecule has 1 aromatic carbocycles. The van der Waals surface area contributed by atoms with Gasteiger partial charge in [-0.05, 0) is 17.2 Å². The largest absolute Gasteiger partial charge is 0.389 e. The number of imidazole rings is 1. The maximum absolute atomic E-state index is 12.8. The summed E-state index contributed by atoms with van der Waals surface area (Å²) in [6.07, 6.45) is 5.53. The molecule has 4 heteroatoms. The van der Waals surface area contributed by atoms with E-state index in [1.54, 1.807) is 12.4 Å². The average molecular weight is 232 g/mol. The Bertz CT molecular complexity index is 489. The van der Waals surface area contributed by atoms with E-state index in [-0.39, 0.29) is 0 Å². The lowest BCUT2D eigenvalue weighted by Crippen LogP contribution is -1.90. The Kier molecular flexibility index (Phi) is 3.67. The van der Waals surface area contributed by atoms with Gasteiger partial charge in [-0.2, -0.15) is 0 Å². The van der Waals surface area contributed by atoms with Crippen LogP contribution in [0.15, 0.2) is 42.5 Å². The number of nitrogens with zero attached hydrogens (tertiary/aromatic N) is 1. The number of aromatic amines is 1. The van der Waals surface area contributed by atoms with E-state index in [0.717, 1.165) is 23.4 Å². The fourth-order valence-electron chi connectivity index (χ4n) is 1.55. The van der Waals surface area contributed by atoms with Gasteiger partial charge in [0.1, 0.15) is 11.7 Å². The third-order valence-electron chi connectivity index (χ3n) is 2.38. The van der Waals surface area contributed by atoms with Crippen LogP contribution in [0, 0.1) is 0 Å². The number of hydrogen-bond acceptors (Lipinski definition) is 2. The highest BCUT2D eigenvalue weighted by molar-refractivity contribution is 5.51. The van der Waals surface area contributed by atoms with Gasteiger partial charge in [0.15, 0.2) is 0 Å². The highest BCUT2D eigenvalue weighted by Gasteiger charge is 1.98. The second-order valence-corrected chi connectivity index (χ2v) is 3.70. The van der Waals surface area contributed by atoms with Crippen LogP contribution in [0.4, 0.5) is 4.39 Å². The lowest BCUT2D eigenvalue weighted by atomic mass is 10.1. The molecule has 0 aliphatic carbocycles. The van der Waals surface area contributed by atoms with Crippen molar-refractivity contribution in [2.24, 2.45) is 0 Å². The third-order valence-corrected chi connectivity index (χ3v) is 2.38. The molecule has 0 saturated carbocycles. The first-order chi connectivity index (χ1) is 8.28. The minimum atomic E-state index is -0.561. The molecule has 3 nitrogen and oxygen atoms in total. The van der Waals surface area contributed by atoms with Crippen LogP contribution >= 0.6 is 0 Å².